The predicted molar refractivity (Wildman–Crippen MR) is 108 cm³/mol. The van der Waals surface area contributed by atoms with Gasteiger partial charge in [0.25, 0.3) is 0 Å². The van der Waals surface area contributed by atoms with Crippen LogP contribution in [0.4, 0.5) is 10.1 Å². The van der Waals surface area contributed by atoms with Crippen LogP contribution in [0.2, 0.25) is 0 Å². The van der Waals surface area contributed by atoms with Gasteiger partial charge >= 0.3 is 0 Å². The summed E-state index contributed by atoms with van der Waals surface area (Å²) in [5, 5.41) is 0.751. The number of hydrogen-bond acceptors (Lipinski definition) is 7. The summed E-state index contributed by atoms with van der Waals surface area (Å²) in [5.74, 6) is -0.741. The first-order valence-electron chi connectivity index (χ1n) is 8.99. The summed E-state index contributed by atoms with van der Waals surface area (Å²) in [6.07, 6.45) is 0. The first-order valence-corrected chi connectivity index (χ1v) is 13.2. The van der Waals surface area contributed by atoms with Crippen LogP contribution < -0.4 is 4.90 Å². The zero-order valence-corrected chi connectivity index (χ0v) is 17.5. The van der Waals surface area contributed by atoms with Crippen LogP contribution in [0, 0.1) is 5.82 Å². The summed E-state index contributed by atoms with van der Waals surface area (Å²) < 4.78 is 64.0. The van der Waals surface area contributed by atoms with E-state index in [1.807, 2.05) is 4.90 Å². The maximum Gasteiger partial charge on any atom is 0.193 e. The minimum atomic E-state index is -3.69. The molecule has 0 radical (unpaired) electrons. The number of halogens is 1. The molecule has 28 heavy (non-hydrogen) atoms. The van der Waals surface area contributed by atoms with Crippen LogP contribution in [0.25, 0.3) is 0 Å². The molecule has 0 saturated carbocycles. The SMILES string of the molecule is O=S1(=O)C[C@H](N2CCN(c3ccc(F)cc3)CC2)[C@@H](S(=O)(=O)c2cccs2)C1. The molecule has 152 valence electrons. The number of hydrogen-bond donors (Lipinski definition) is 0. The van der Waals surface area contributed by atoms with Crippen molar-refractivity contribution in [3.05, 3.63) is 47.6 Å². The molecule has 1 aromatic carbocycles. The van der Waals surface area contributed by atoms with Crippen molar-refractivity contribution in [2.45, 2.75) is 15.5 Å². The Morgan fingerprint density at radius 2 is 1.68 bits per heavy atom. The fourth-order valence-electron chi connectivity index (χ4n) is 3.97. The van der Waals surface area contributed by atoms with Crippen molar-refractivity contribution in [2.24, 2.45) is 0 Å². The normalized spacial score (nSPS) is 25.8. The molecule has 2 aliphatic rings. The van der Waals surface area contributed by atoms with Gasteiger partial charge in [-0.25, -0.2) is 21.2 Å². The number of anilines is 1. The number of nitrogens with zero attached hydrogens (tertiary/aromatic N) is 2. The van der Waals surface area contributed by atoms with E-state index in [0.717, 1.165) is 17.0 Å². The molecule has 6 nitrogen and oxygen atoms in total. The summed E-state index contributed by atoms with van der Waals surface area (Å²) in [6, 6.07) is 8.92. The van der Waals surface area contributed by atoms with E-state index in [2.05, 4.69) is 4.90 Å². The Bertz CT molecular complexity index is 1030. The van der Waals surface area contributed by atoms with Gasteiger partial charge in [-0.3, -0.25) is 4.90 Å². The molecule has 0 unspecified atom stereocenters. The maximum atomic E-state index is 13.1. The van der Waals surface area contributed by atoms with E-state index >= 15 is 0 Å². The third-order valence-electron chi connectivity index (χ3n) is 5.42. The van der Waals surface area contributed by atoms with Crippen molar-refractivity contribution >= 4 is 36.7 Å². The molecule has 10 heteroatoms. The molecule has 0 amide bonds. The van der Waals surface area contributed by atoms with Crippen LogP contribution >= 0.6 is 11.3 Å². The summed E-state index contributed by atoms with van der Waals surface area (Å²) in [7, 11) is -7.10. The van der Waals surface area contributed by atoms with Gasteiger partial charge in [0.2, 0.25) is 0 Å². The van der Waals surface area contributed by atoms with Gasteiger partial charge in [0.1, 0.15) is 10.0 Å². The zero-order valence-electron chi connectivity index (χ0n) is 15.1. The van der Waals surface area contributed by atoms with Crippen LogP contribution in [0.1, 0.15) is 0 Å². The van der Waals surface area contributed by atoms with Gasteiger partial charge in [-0.2, -0.15) is 0 Å². The molecule has 2 saturated heterocycles. The van der Waals surface area contributed by atoms with Gasteiger partial charge in [0.05, 0.1) is 16.8 Å². The molecule has 3 heterocycles. The first-order chi connectivity index (χ1) is 13.3. The minimum Gasteiger partial charge on any atom is -0.369 e. The Morgan fingerprint density at radius 3 is 2.29 bits per heavy atom. The molecule has 0 bridgehead atoms. The molecule has 0 aliphatic carbocycles. The van der Waals surface area contributed by atoms with E-state index in [1.54, 1.807) is 23.6 Å². The lowest BCUT2D eigenvalue weighted by molar-refractivity contribution is 0.202. The Hall–Kier alpha value is -1.49. The first kappa shape index (κ1) is 19.8. The number of sulfone groups is 2. The average Bonchev–Trinajstić information content (AvgIpc) is 3.31. The van der Waals surface area contributed by atoms with E-state index in [4.69, 9.17) is 0 Å². The molecular formula is C18H21FN2O4S3. The lowest BCUT2D eigenvalue weighted by Gasteiger charge is -2.40. The second kappa shape index (κ2) is 7.40. The predicted octanol–water partition coefficient (Wildman–Crippen LogP) is 1.65. The van der Waals surface area contributed by atoms with E-state index in [0.29, 0.717) is 26.2 Å². The van der Waals surface area contributed by atoms with E-state index in [-0.39, 0.29) is 21.5 Å². The lowest BCUT2D eigenvalue weighted by Crippen LogP contribution is -2.54. The van der Waals surface area contributed by atoms with Gasteiger partial charge < -0.3 is 4.90 Å². The largest absolute Gasteiger partial charge is 0.369 e. The van der Waals surface area contributed by atoms with Crippen LogP contribution in [0.15, 0.2) is 46.0 Å². The second-order valence-corrected chi connectivity index (χ2v) is 12.7. The van der Waals surface area contributed by atoms with E-state index in [9.17, 15) is 21.2 Å². The molecule has 2 aliphatic heterocycles. The number of rotatable bonds is 4. The Morgan fingerprint density at radius 1 is 1.00 bits per heavy atom. The summed E-state index contributed by atoms with van der Waals surface area (Å²) in [5.41, 5.74) is 0.905. The molecular weight excluding hydrogens is 423 g/mol. The fourth-order valence-corrected chi connectivity index (χ4v) is 10.0. The molecule has 0 N–H and O–H groups in total. The van der Waals surface area contributed by atoms with Crippen molar-refractivity contribution in [3.8, 4) is 0 Å². The van der Waals surface area contributed by atoms with Gasteiger partial charge in [-0.15, -0.1) is 11.3 Å². The highest BCUT2D eigenvalue weighted by Gasteiger charge is 2.48. The van der Waals surface area contributed by atoms with Crippen LogP contribution in [-0.4, -0.2) is 70.7 Å². The quantitative estimate of drug-likeness (QED) is 0.714. The van der Waals surface area contributed by atoms with Crippen molar-refractivity contribution in [1.29, 1.82) is 0 Å². The number of benzene rings is 1. The Kier molecular flexibility index (Phi) is 5.24. The van der Waals surface area contributed by atoms with E-state index < -0.39 is 31.0 Å². The molecule has 4 rings (SSSR count). The van der Waals surface area contributed by atoms with Gasteiger partial charge in [-0.05, 0) is 35.7 Å². The Labute approximate surface area is 168 Å². The van der Waals surface area contributed by atoms with Gasteiger partial charge in [0.15, 0.2) is 19.7 Å². The fraction of sp³-hybridized carbons (Fsp3) is 0.444. The molecule has 2 atom stereocenters. The zero-order chi connectivity index (χ0) is 19.9. The van der Waals surface area contributed by atoms with Crippen molar-refractivity contribution < 1.29 is 21.2 Å². The van der Waals surface area contributed by atoms with Crippen molar-refractivity contribution in [2.75, 3.05) is 42.6 Å². The van der Waals surface area contributed by atoms with Crippen LogP contribution in [0.5, 0.6) is 0 Å². The topological polar surface area (TPSA) is 74.8 Å². The molecule has 0 spiro atoms. The smallest absolute Gasteiger partial charge is 0.193 e. The Balaban J connectivity index is 1.52. The number of thiophene rings is 1. The monoisotopic (exact) mass is 444 g/mol. The van der Waals surface area contributed by atoms with Gasteiger partial charge in [-0.1, -0.05) is 6.07 Å². The summed E-state index contributed by atoms with van der Waals surface area (Å²) >= 11 is 1.12. The standard InChI is InChI=1S/C18H21FN2O4S3/c19-14-3-5-15(6-4-14)20-7-9-21(10-8-20)16-12-27(22,23)13-17(16)28(24,25)18-2-1-11-26-18/h1-6,11,16-17H,7-10,12-13H2/t16-,17-/m0/s1. The highest BCUT2D eigenvalue weighted by Crippen LogP contribution is 2.32. The number of piperazine rings is 1. The van der Waals surface area contributed by atoms with E-state index in [1.165, 1.54) is 18.2 Å². The average molecular weight is 445 g/mol. The third-order valence-corrected chi connectivity index (χ3v) is 11.0. The highest BCUT2D eigenvalue weighted by molar-refractivity contribution is 7.97. The van der Waals surface area contributed by atoms with Crippen LogP contribution in [0.3, 0.4) is 0 Å². The second-order valence-electron chi connectivity index (χ2n) is 7.16. The van der Waals surface area contributed by atoms with Gasteiger partial charge in [0, 0.05) is 37.9 Å². The van der Waals surface area contributed by atoms with Crippen LogP contribution in [-0.2, 0) is 19.7 Å². The maximum absolute atomic E-state index is 13.1. The summed E-state index contributed by atoms with van der Waals surface area (Å²) in [6.45, 7) is 2.39. The third kappa shape index (κ3) is 3.83. The molecule has 2 aromatic rings. The lowest BCUT2D eigenvalue weighted by atomic mass is 10.1. The van der Waals surface area contributed by atoms with Crippen molar-refractivity contribution in [1.82, 2.24) is 4.90 Å². The molecule has 1 aromatic heterocycles. The molecule has 2 fully saturated rings. The van der Waals surface area contributed by atoms with Crippen molar-refractivity contribution in [3.63, 3.8) is 0 Å². The highest BCUT2D eigenvalue weighted by atomic mass is 32.2. The summed E-state index contributed by atoms with van der Waals surface area (Å²) in [4.78, 5) is 4.09. The minimum absolute atomic E-state index is 0.126.